The second-order valence-electron chi connectivity index (χ2n) is 4.90. The van der Waals surface area contributed by atoms with Crippen molar-refractivity contribution in [3.63, 3.8) is 0 Å². The van der Waals surface area contributed by atoms with Crippen molar-refractivity contribution in [1.82, 2.24) is 10.3 Å². The molecule has 7 heteroatoms. The predicted molar refractivity (Wildman–Crippen MR) is 86.9 cm³/mol. The van der Waals surface area contributed by atoms with Gasteiger partial charge in [0.2, 0.25) is 11.0 Å². The summed E-state index contributed by atoms with van der Waals surface area (Å²) in [6.45, 7) is 0.203. The monoisotopic (exact) mass is 321 g/mol. The Morgan fingerprint density at radius 1 is 1.48 bits per heavy atom. The largest absolute Gasteiger partial charge is 0.344 e. The lowest BCUT2D eigenvalue weighted by Gasteiger charge is -2.16. The number of aromatic nitrogens is 1. The first kappa shape index (κ1) is 14.3. The van der Waals surface area contributed by atoms with E-state index in [4.69, 9.17) is 0 Å². The van der Waals surface area contributed by atoms with E-state index in [1.165, 1.54) is 11.8 Å². The van der Waals surface area contributed by atoms with Gasteiger partial charge in [-0.3, -0.25) is 9.59 Å². The van der Waals surface area contributed by atoms with Gasteiger partial charge < -0.3 is 10.2 Å². The number of hydrogen-bond donors (Lipinski definition) is 1. The summed E-state index contributed by atoms with van der Waals surface area (Å²) < 4.78 is 1.10. The smallest absolute Gasteiger partial charge is 0.240 e. The van der Waals surface area contributed by atoms with E-state index in [1.807, 2.05) is 36.2 Å². The number of carbonyl (C=O) groups is 2. The second-order valence-corrected chi connectivity index (χ2v) is 7.00. The number of thiazole rings is 1. The fourth-order valence-corrected chi connectivity index (χ4v) is 4.03. The van der Waals surface area contributed by atoms with Gasteiger partial charge in [0.05, 0.1) is 22.8 Å². The Morgan fingerprint density at radius 2 is 2.29 bits per heavy atom. The molecule has 1 aromatic heterocycles. The van der Waals surface area contributed by atoms with E-state index >= 15 is 0 Å². The van der Waals surface area contributed by atoms with Crippen molar-refractivity contribution in [3.05, 3.63) is 24.3 Å². The first-order valence-corrected chi connectivity index (χ1v) is 8.46. The van der Waals surface area contributed by atoms with Crippen LogP contribution < -0.4 is 10.2 Å². The van der Waals surface area contributed by atoms with Gasteiger partial charge in [0, 0.05) is 12.8 Å². The van der Waals surface area contributed by atoms with E-state index in [2.05, 4.69) is 10.3 Å². The molecule has 1 saturated heterocycles. The highest BCUT2D eigenvalue weighted by Gasteiger charge is 2.27. The fourth-order valence-electron chi connectivity index (χ4n) is 2.17. The third kappa shape index (κ3) is 3.19. The molecule has 3 rings (SSSR count). The number of fused-ring (bicyclic) bond motifs is 1. The number of hydrogen-bond acceptors (Lipinski definition) is 6. The second kappa shape index (κ2) is 6.03. The Balaban J connectivity index is 1.63. The molecule has 1 fully saturated rings. The molecule has 1 aliphatic rings. The van der Waals surface area contributed by atoms with Crippen molar-refractivity contribution >= 4 is 49.5 Å². The van der Waals surface area contributed by atoms with Crippen LogP contribution in [0.2, 0.25) is 0 Å². The quantitative estimate of drug-likeness (QED) is 0.931. The zero-order valence-corrected chi connectivity index (χ0v) is 13.2. The molecular formula is C14H15N3O2S2. The summed E-state index contributed by atoms with van der Waals surface area (Å²) >= 11 is 2.84. The van der Waals surface area contributed by atoms with Gasteiger partial charge >= 0.3 is 0 Å². The molecule has 1 aliphatic heterocycles. The zero-order chi connectivity index (χ0) is 14.8. The lowest BCUT2D eigenvalue weighted by molar-refractivity contribution is -0.123. The maximum atomic E-state index is 12.0. The average molecular weight is 321 g/mol. The molecule has 0 radical (unpaired) electrons. The number of thioether (sulfide) groups is 1. The molecule has 21 heavy (non-hydrogen) atoms. The molecule has 2 heterocycles. The van der Waals surface area contributed by atoms with Crippen LogP contribution in [0.15, 0.2) is 24.3 Å². The number of rotatable bonds is 4. The van der Waals surface area contributed by atoms with Gasteiger partial charge in [-0.1, -0.05) is 35.2 Å². The third-order valence-electron chi connectivity index (χ3n) is 3.26. The Hall–Kier alpha value is -1.60. The van der Waals surface area contributed by atoms with Crippen LogP contribution in [0.5, 0.6) is 0 Å². The minimum atomic E-state index is -0.328. The molecule has 1 atom stereocenters. The van der Waals surface area contributed by atoms with Gasteiger partial charge in [0.25, 0.3) is 0 Å². The number of nitrogens with zero attached hydrogens (tertiary/aromatic N) is 2. The van der Waals surface area contributed by atoms with Crippen LogP contribution in [0.3, 0.4) is 0 Å². The number of nitrogens with one attached hydrogen (secondary N) is 1. The number of anilines is 1. The highest BCUT2D eigenvalue weighted by atomic mass is 32.2. The number of amides is 1. The maximum absolute atomic E-state index is 12.0. The Morgan fingerprint density at radius 3 is 3.00 bits per heavy atom. The molecule has 0 aliphatic carbocycles. The van der Waals surface area contributed by atoms with Crippen LogP contribution in [0.4, 0.5) is 5.13 Å². The summed E-state index contributed by atoms with van der Waals surface area (Å²) in [6.07, 6.45) is 0.722. The van der Waals surface area contributed by atoms with Crippen molar-refractivity contribution in [1.29, 1.82) is 0 Å². The third-order valence-corrected chi connectivity index (χ3v) is 5.42. The summed E-state index contributed by atoms with van der Waals surface area (Å²) in [5, 5.41) is 3.65. The van der Waals surface area contributed by atoms with Crippen molar-refractivity contribution in [2.75, 3.05) is 24.2 Å². The van der Waals surface area contributed by atoms with Crippen LogP contribution >= 0.6 is 23.1 Å². The van der Waals surface area contributed by atoms with Gasteiger partial charge in [-0.25, -0.2) is 4.98 Å². The van der Waals surface area contributed by atoms with Crippen LogP contribution in [0, 0.1) is 0 Å². The summed E-state index contributed by atoms with van der Waals surface area (Å²) in [5.41, 5.74) is 0.937. The molecule has 1 amide bonds. The highest BCUT2D eigenvalue weighted by Crippen LogP contribution is 2.27. The van der Waals surface area contributed by atoms with E-state index in [9.17, 15) is 9.59 Å². The minimum absolute atomic E-state index is 0.0611. The van der Waals surface area contributed by atoms with E-state index in [1.54, 1.807) is 11.3 Å². The molecular weight excluding hydrogens is 306 g/mol. The average Bonchev–Trinajstić information content (AvgIpc) is 3.05. The van der Waals surface area contributed by atoms with E-state index in [-0.39, 0.29) is 23.6 Å². The van der Waals surface area contributed by atoms with E-state index in [0.717, 1.165) is 27.5 Å². The fraction of sp³-hybridized carbons (Fsp3) is 0.357. The molecule has 1 aromatic carbocycles. The van der Waals surface area contributed by atoms with Crippen molar-refractivity contribution in [2.45, 2.75) is 12.5 Å². The molecule has 0 spiro atoms. The molecule has 0 bridgehead atoms. The number of benzene rings is 1. The van der Waals surface area contributed by atoms with E-state index < -0.39 is 0 Å². The van der Waals surface area contributed by atoms with E-state index in [0.29, 0.717) is 0 Å². The Labute approximate surface area is 130 Å². The molecule has 2 aromatic rings. The molecule has 110 valence electrons. The number of carbonyl (C=O) groups excluding carboxylic acids is 2. The SMILES string of the molecule is CN(CC(=O)N[C@H]1CCSC1=O)c1nc2ccccc2s1. The van der Waals surface area contributed by atoms with Gasteiger partial charge in [-0.05, 0) is 18.6 Å². The summed E-state index contributed by atoms with van der Waals surface area (Å²) in [7, 11) is 1.84. The lowest BCUT2D eigenvalue weighted by atomic mass is 10.2. The number of para-hydroxylation sites is 1. The molecule has 5 nitrogen and oxygen atoms in total. The normalized spacial score (nSPS) is 18.1. The van der Waals surface area contributed by atoms with Crippen LogP contribution in [-0.4, -0.2) is 41.4 Å². The molecule has 1 N–H and O–H groups in total. The predicted octanol–water partition coefficient (Wildman–Crippen LogP) is 1.88. The van der Waals surface area contributed by atoms with Gasteiger partial charge in [-0.2, -0.15) is 0 Å². The van der Waals surface area contributed by atoms with Gasteiger partial charge in [0.1, 0.15) is 0 Å². The van der Waals surface area contributed by atoms with Gasteiger partial charge in [0.15, 0.2) is 5.13 Å². The maximum Gasteiger partial charge on any atom is 0.240 e. The van der Waals surface area contributed by atoms with Gasteiger partial charge in [-0.15, -0.1) is 0 Å². The number of likely N-dealkylation sites (N-methyl/N-ethyl adjacent to an activating group) is 1. The first-order valence-electron chi connectivity index (χ1n) is 6.66. The summed E-state index contributed by atoms with van der Waals surface area (Å²) in [6, 6.07) is 7.56. The first-order chi connectivity index (χ1) is 10.1. The Bertz CT molecular complexity index is 653. The van der Waals surface area contributed by atoms with Crippen molar-refractivity contribution in [3.8, 4) is 0 Å². The highest BCUT2D eigenvalue weighted by molar-refractivity contribution is 8.14. The topological polar surface area (TPSA) is 62.3 Å². The molecule has 0 saturated carbocycles. The Kier molecular flexibility index (Phi) is 4.12. The van der Waals surface area contributed by atoms with Crippen LogP contribution in [0.25, 0.3) is 10.2 Å². The van der Waals surface area contributed by atoms with Crippen LogP contribution in [-0.2, 0) is 9.59 Å². The lowest BCUT2D eigenvalue weighted by Crippen LogP contribution is -2.42. The summed E-state index contributed by atoms with van der Waals surface area (Å²) in [5.74, 6) is 0.648. The van der Waals surface area contributed by atoms with Crippen LogP contribution in [0.1, 0.15) is 6.42 Å². The van der Waals surface area contributed by atoms with Crippen molar-refractivity contribution in [2.24, 2.45) is 0 Å². The summed E-state index contributed by atoms with van der Waals surface area (Å²) in [4.78, 5) is 29.8. The zero-order valence-electron chi connectivity index (χ0n) is 11.5. The standard InChI is InChI=1S/C14H15N3O2S2/c1-17(8-12(18)15-10-6-7-20-13(10)19)14-16-9-4-2-3-5-11(9)21-14/h2-5,10H,6-8H2,1H3,(H,15,18)/t10-/m0/s1. The minimum Gasteiger partial charge on any atom is -0.344 e. The van der Waals surface area contributed by atoms with Crippen molar-refractivity contribution < 1.29 is 9.59 Å². The molecule has 0 unspecified atom stereocenters.